The zero-order valence-electron chi connectivity index (χ0n) is 13.3. The summed E-state index contributed by atoms with van der Waals surface area (Å²) >= 11 is 0. The van der Waals surface area contributed by atoms with Crippen LogP contribution in [-0.2, 0) is 6.42 Å². The standard InChI is InChI=1S/C20H16O4/c1-2-10-8-11-6-7-13-18(16(11)15(22)9-10)20(24)12-4-3-5-14(21)17(12)19(13)23/h3-7,10,21H,2,8-9H2,1H3/t10-/m0/s1. The van der Waals surface area contributed by atoms with E-state index in [4.69, 9.17) is 0 Å². The molecule has 2 aromatic rings. The molecule has 4 heteroatoms. The van der Waals surface area contributed by atoms with Gasteiger partial charge in [-0.25, -0.2) is 0 Å². The van der Waals surface area contributed by atoms with E-state index >= 15 is 0 Å². The summed E-state index contributed by atoms with van der Waals surface area (Å²) in [5.74, 6) is -0.730. The molecule has 0 spiro atoms. The summed E-state index contributed by atoms with van der Waals surface area (Å²) in [6.45, 7) is 2.05. The number of phenolic OH excluding ortho intramolecular Hbond substituents is 1. The Labute approximate surface area is 139 Å². The first-order valence-corrected chi connectivity index (χ1v) is 8.13. The zero-order chi connectivity index (χ0) is 17.0. The Hall–Kier alpha value is -2.75. The van der Waals surface area contributed by atoms with Crippen molar-refractivity contribution in [2.45, 2.75) is 26.2 Å². The molecule has 120 valence electrons. The molecule has 0 radical (unpaired) electrons. The molecule has 0 aromatic heterocycles. The Morgan fingerprint density at radius 1 is 0.917 bits per heavy atom. The first kappa shape index (κ1) is 14.8. The molecule has 0 saturated carbocycles. The van der Waals surface area contributed by atoms with E-state index in [2.05, 4.69) is 6.92 Å². The van der Waals surface area contributed by atoms with E-state index in [0.717, 1.165) is 18.4 Å². The Balaban J connectivity index is 1.98. The number of rotatable bonds is 1. The third-order valence-electron chi connectivity index (χ3n) is 5.12. The molecule has 0 unspecified atom stereocenters. The van der Waals surface area contributed by atoms with Gasteiger partial charge in [-0.3, -0.25) is 14.4 Å². The molecular weight excluding hydrogens is 304 g/mol. The lowest BCUT2D eigenvalue weighted by Crippen LogP contribution is -2.28. The van der Waals surface area contributed by atoms with Crippen molar-refractivity contribution in [3.8, 4) is 5.75 Å². The molecule has 0 bridgehead atoms. The Kier molecular flexibility index (Phi) is 3.17. The minimum absolute atomic E-state index is 0.0321. The van der Waals surface area contributed by atoms with Gasteiger partial charge in [0.25, 0.3) is 0 Å². The first-order valence-electron chi connectivity index (χ1n) is 8.13. The highest BCUT2D eigenvalue weighted by molar-refractivity contribution is 6.32. The number of aromatic hydroxyl groups is 1. The predicted octanol–water partition coefficient (Wildman–Crippen LogP) is 3.32. The summed E-state index contributed by atoms with van der Waals surface area (Å²) in [6.07, 6.45) is 2.07. The first-order chi connectivity index (χ1) is 11.5. The van der Waals surface area contributed by atoms with Crippen LogP contribution < -0.4 is 0 Å². The fraction of sp³-hybridized carbons (Fsp3) is 0.250. The number of hydrogen-bond donors (Lipinski definition) is 1. The molecule has 0 heterocycles. The number of Topliss-reactive ketones (excluding diaryl/α,β-unsaturated/α-hetero) is 1. The van der Waals surface area contributed by atoms with Crippen LogP contribution in [0.4, 0.5) is 0 Å². The fourth-order valence-corrected chi connectivity index (χ4v) is 3.83. The van der Waals surface area contributed by atoms with Gasteiger partial charge in [0.2, 0.25) is 0 Å². The summed E-state index contributed by atoms with van der Waals surface area (Å²) in [5, 5.41) is 9.99. The number of carbonyl (C=O) groups is 3. The minimum atomic E-state index is -0.397. The van der Waals surface area contributed by atoms with Gasteiger partial charge in [-0.15, -0.1) is 0 Å². The molecule has 2 aliphatic rings. The number of ketones is 3. The van der Waals surface area contributed by atoms with Crippen molar-refractivity contribution >= 4 is 17.3 Å². The number of fused-ring (bicyclic) bond motifs is 4. The quantitative estimate of drug-likeness (QED) is 0.746. The summed E-state index contributed by atoms with van der Waals surface area (Å²) in [4.78, 5) is 38.4. The van der Waals surface area contributed by atoms with Gasteiger partial charge in [-0.05, 0) is 30.0 Å². The molecule has 4 rings (SSSR count). The molecule has 0 amide bonds. The van der Waals surface area contributed by atoms with Crippen LogP contribution in [0.15, 0.2) is 30.3 Å². The average molecular weight is 320 g/mol. The number of phenols is 1. The van der Waals surface area contributed by atoms with Crippen molar-refractivity contribution in [2.75, 3.05) is 0 Å². The van der Waals surface area contributed by atoms with Gasteiger partial charge >= 0.3 is 0 Å². The second-order valence-electron chi connectivity index (χ2n) is 6.49. The van der Waals surface area contributed by atoms with Gasteiger partial charge in [-0.1, -0.05) is 31.5 Å². The molecular formula is C20H16O4. The van der Waals surface area contributed by atoms with Crippen LogP contribution in [0.2, 0.25) is 0 Å². The van der Waals surface area contributed by atoms with Crippen LogP contribution in [0.25, 0.3) is 0 Å². The van der Waals surface area contributed by atoms with Crippen molar-refractivity contribution in [1.82, 2.24) is 0 Å². The molecule has 4 nitrogen and oxygen atoms in total. The van der Waals surface area contributed by atoms with Crippen LogP contribution in [0.1, 0.15) is 67.5 Å². The normalized spacial score (nSPS) is 18.9. The summed E-state index contributed by atoms with van der Waals surface area (Å²) in [6, 6.07) is 7.86. The molecule has 1 atom stereocenters. The van der Waals surface area contributed by atoms with E-state index < -0.39 is 5.78 Å². The van der Waals surface area contributed by atoms with Crippen molar-refractivity contribution < 1.29 is 19.5 Å². The van der Waals surface area contributed by atoms with E-state index in [9.17, 15) is 19.5 Å². The van der Waals surface area contributed by atoms with Gasteiger partial charge in [-0.2, -0.15) is 0 Å². The fourth-order valence-electron chi connectivity index (χ4n) is 3.83. The number of hydrogen-bond acceptors (Lipinski definition) is 4. The van der Waals surface area contributed by atoms with Gasteiger partial charge < -0.3 is 5.11 Å². The van der Waals surface area contributed by atoms with Crippen LogP contribution >= 0.6 is 0 Å². The number of benzene rings is 2. The lowest BCUT2D eigenvalue weighted by atomic mass is 9.74. The summed E-state index contributed by atoms with van der Waals surface area (Å²) in [5.41, 5.74) is 1.90. The van der Waals surface area contributed by atoms with Crippen LogP contribution in [0.3, 0.4) is 0 Å². The molecule has 0 aliphatic heterocycles. The highest BCUT2D eigenvalue weighted by Crippen LogP contribution is 2.38. The maximum absolute atomic E-state index is 13.0. The van der Waals surface area contributed by atoms with Crippen LogP contribution in [0.5, 0.6) is 5.75 Å². The highest BCUT2D eigenvalue weighted by atomic mass is 16.3. The summed E-state index contributed by atoms with van der Waals surface area (Å²) < 4.78 is 0. The highest BCUT2D eigenvalue weighted by Gasteiger charge is 2.37. The average Bonchev–Trinajstić information content (AvgIpc) is 2.58. The third kappa shape index (κ3) is 1.89. The van der Waals surface area contributed by atoms with E-state index in [1.807, 2.05) is 0 Å². The van der Waals surface area contributed by atoms with Gasteiger partial charge in [0.05, 0.1) is 5.56 Å². The van der Waals surface area contributed by atoms with Gasteiger partial charge in [0.1, 0.15) is 5.75 Å². The van der Waals surface area contributed by atoms with Crippen molar-refractivity contribution in [3.05, 3.63) is 63.7 Å². The SMILES string of the molecule is CC[C@@H]1CC(=O)c2c(ccc3c2C(=O)c2cccc(O)c2C3=O)C1. The second-order valence-corrected chi connectivity index (χ2v) is 6.49. The second kappa shape index (κ2) is 5.13. The molecule has 24 heavy (non-hydrogen) atoms. The van der Waals surface area contributed by atoms with Gasteiger partial charge in [0, 0.05) is 28.7 Å². The molecule has 1 N–H and O–H groups in total. The van der Waals surface area contributed by atoms with Gasteiger partial charge in [0.15, 0.2) is 17.3 Å². The lowest BCUT2D eigenvalue weighted by molar-refractivity contribution is 0.0930. The number of carbonyl (C=O) groups excluding carboxylic acids is 3. The summed E-state index contributed by atoms with van der Waals surface area (Å²) in [7, 11) is 0. The van der Waals surface area contributed by atoms with Crippen LogP contribution in [-0.4, -0.2) is 22.5 Å². The smallest absolute Gasteiger partial charge is 0.198 e. The monoisotopic (exact) mass is 320 g/mol. The minimum Gasteiger partial charge on any atom is -0.507 e. The van der Waals surface area contributed by atoms with Crippen molar-refractivity contribution in [2.24, 2.45) is 5.92 Å². The maximum Gasteiger partial charge on any atom is 0.198 e. The largest absolute Gasteiger partial charge is 0.507 e. The predicted molar refractivity (Wildman–Crippen MR) is 87.8 cm³/mol. The lowest BCUT2D eigenvalue weighted by Gasteiger charge is -2.27. The molecule has 0 saturated heterocycles. The maximum atomic E-state index is 13.0. The van der Waals surface area contributed by atoms with E-state index in [0.29, 0.717) is 12.0 Å². The van der Waals surface area contributed by atoms with Crippen LogP contribution in [0, 0.1) is 5.92 Å². The van der Waals surface area contributed by atoms with E-state index in [-0.39, 0.29) is 45.5 Å². The Bertz CT molecular complexity index is 923. The zero-order valence-corrected chi connectivity index (χ0v) is 13.3. The van der Waals surface area contributed by atoms with E-state index in [1.54, 1.807) is 12.1 Å². The van der Waals surface area contributed by atoms with Crippen molar-refractivity contribution in [1.29, 1.82) is 0 Å². The third-order valence-corrected chi connectivity index (χ3v) is 5.12. The molecule has 0 fully saturated rings. The Morgan fingerprint density at radius 2 is 1.62 bits per heavy atom. The Morgan fingerprint density at radius 3 is 2.38 bits per heavy atom. The topological polar surface area (TPSA) is 71.4 Å². The van der Waals surface area contributed by atoms with E-state index in [1.165, 1.54) is 18.2 Å². The molecule has 2 aromatic carbocycles. The molecule has 2 aliphatic carbocycles. The van der Waals surface area contributed by atoms with Crippen molar-refractivity contribution in [3.63, 3.8) is 0 Å².